The van der Waals surface area contributed by atoms with Crippen LogP contribution in [0.4, 0.5) is 11.8 Å². The quantitative estimate of drug-likeness (QED) is 0.896. The first-order chi connectivity index (χ1) is 13.2. The fourth-order valence-corrected chi connectivity index (χ4v) is 4.94. The summed E-state index contributed by atoms with van der Waals surface area (Å²) in [6.07, 6.45) is 0.998. The molecule has 2 aromatic rings. The van der Waals surface area contributed by atoms with Gasteiger partial charge in [-0.2, -0.15) is 4.98 Å². The van der Waals surface area contributed by atoms with E-state index in [0.717, 1.165) is 49.7 Å². The van der Waals surface area contributed by atoms with Crippen molar-refractivity contribution in [2.24, 2.45) is 17.8 Å². The van der Waals surface area contributed by atoms with Crippen LogP contribution in [-0.4, -0.2) is 48.9 Å². The van der Waals surface area contributed by atoms with E-state index in [4.69, 9.17) is 9.72 Å². The summed E-state index contributed by atoms with van der Waals surface area (Å²) in [5, 5.41) is 0. The van der Waals surface area contributed by atoms with Crippen LogP contribution in [0, 0.1) is 17.8 Å². The second-order valence-electron chi connectivity index (χ2n) is 8.04. The molecular formula is C21H26N4O2. The van der Waals surface area contributed by atoms with Crippen molar-refractivity contribution in [1.82, 2.24) is 9.97 Å². The zero-order chi connectivity index (χ0) is 18.4. The summed E-state index contributed by atoms with van der Waals surface area (Å²) < 4.78 is 5.43. The smallest absolute Gasteiger partial charge is 0.254 e. The number of aromatic amines is 1. The molecule has 6 nitrogen and oxygen atoms in total. The van der Waals surface area contributed by atoms with Crippen molar-refractivity contribution in [1.29, 1.82) is 0 Å². The number of benzene rings is 1. The number of nitrogens with zero attached hydrogens (tertiary/aromatic N) is 3. The lowest BCUT2D eigenvalue weighted by Gasteiger charge is -2.31. The van der Waals surface area contributed by atoms with Crippen molar-refractivity contribution in [3.05, 3.63) is 52.3 Å². The molecule has 2 saturated heterocycles. The maximum Gasteiger partial charge on any atom is 0.254 e. The third-order valence-electron chi connectivity index (χ3n) is 6.50. The molecule has 0 bridgehead atoms. The maximum absolute atomic E-state index is 12.4. The van der Waals surface area contributed by atoms with Gasteiger partial charge in [0.2, 0.25) is 5.95 Å². The Hall–Kier alpha value is -2.34. The van der Waals surface area contributed by atoms with Crippen LogP contribution in [0.1, 0.15) is 12.5 Å². The van der Waals surface area contributed by atoms with E-state index < -0.39 is 0 Å². The van der Waals surface area contributed by atoms with Gasteiger partial charge in [-0.05, 0) is 29.7 Å². The van der Waals surface area contributed by atoms with Crippen molar-refractivity contribution in [2.75, 3.05) is 42.6 Å². The van der Waals surface area contributed by atoms with Gasteiger partial charge in [-0.15, -0.1) is 0 Å². The Morgan fingerprint density at radius 2 is 2.00 bits per heavy atom. The second-order valence-corrected chi connectivity index (χ2v) is 8.04. The molecule has 0 spiro atoms. The van der Waals surface area contributed by atoms with E-state index in [2.05, 4.69) is 52.0 Å². The minimum Gasteiger partial charge on any atom is -0.378 e. The third kappa shape index (κ3) is 3.12. The van der Waals surface area contributed by atoms with E-state index in [1.807, 2.05) is 0 Å². The summed E-state index contributed by atoms with van der Waals surface area (Å²) >= 11 is 0. The van der Waals surface area contributed by atoms with E-state index >= 15 is 0 Å². The van der Waals surface area contributed by atoms with Crippen LogP contribution in [0.5, 0.6) is 0 Å². The molecule has 5 rings (SSSR count). The highest BCUT2D eigenvalue weighted by molar-refractivity contribution is 5.47. The van der Waals surface area contributed by atoms with Crippen LogP contribution >= 0.6 is 0 Å². The van der Waals surface area contributed by atoms with Gasteiger partial charge in [-0.1, -0.05) is 37.3 Å². The van der Waals surface area contributed by atoms with Crippen LogP contribution in [-0.2, 0) is 11.2 Å². The molecule has 142 valence electrons. The lowest BCUT2D eigenvalue weighted by molar-refractivity contribution is 0.122. The molecular weight excluding hydrogens is 340 g/mol. The summed E-state index contributed by atoms with van der Waals surface area (Å²) in [7, 11) is 0. The van der Waals surface area contributed by atoms with Crippen molar-refractivity contribution in [2.45, 2.75) is 19.4 Å². The molecule has 27 heavy (non-hydrogen) atoms. The zero-order valence-electron chi connectivity index (χ0n) is 15.7. The normalized spacial score (nSPS) is 29.7. The Morgan fingerprint density at radius 3 is 2.78 bits per heavy atom. The van der Waals surface area contributed by atoms with Crippen molar-refractivity contribution >= 4 is 11.8 Å². The van der Waals surface area contributed by atoms with Gasteiger partial charge < -0.3 is 14.5 Å². The maximum atomic E-state index is 12.4. The Kier molecular flexibility index (Phi) is 4.16. The molecule has 3 aliphatic rings. The second kappa shape index (κ2) is 6.68. The number of fused-ring (bicyclic) bond motifs is 1. The third-order valence-corrected chi connectivity index (χ3v) is 6.50. The summed E-state index contributed by atoms with van der Waals surface area (Å²) in [6.45, 7) is 6.28. The van der Waals surface area contributed by atoms with Gasteiger partial charge in [0.25, 0.3) is 5.56 Å². The lowest BCUT2D eigenvalue weighted by atomic mass is 10.0. The molecule has 1 aliphatic carbocycles. The van der Waals surface area contributed by atoms with E-state index in [1.165, 1.54) is 5.56 Å². The van der Waals surface area contributed by atoms with Crippen LogP contribution in [0.15, 0.2) is 41.2 Å². The first kappa shape index (κ1) is 16.8. The molecule has 1 N–H and O–H groups in total. The molecule has 6 heteroatoms. The van der Waals surface area contributed by atoms with Gasteiger partial charge in [0.15, 0.2) is 0 Å². The lowest BCUT2D eigenvalue weighted by Crippen LogP contribution is -2.40. The highest BCUT2D eigenvalue weighted by Crippen LogP contribution is 2.56. The summed E-state index contributed by atoms with van der Waals surface area (Å²) in [5.74, 6) is 3.68. The number of piperidine rings is 1. The number of nitrogens with one attached hydrogen (secondary N) is 1. The van der Waals surface area contributed by atoms with Crippen molar-refractivity contribution < 1.29 is 4.74 Å². The Labute approximate surface area is 159 Å². The van der Waals surface area contributed by atoms with E-state index in [9.17, 15) is 4.79 Å². The van der Waals surface area contributed by atoms with Crippen molar-refractivity contribution in [3.63, 3.8) is 0 Å². The molecule has 4 atom stereocenters. The fraction of sp³-hybridized carbons (Fsp3) is 0.524. The van der Waals surface area contributed by atoms with E-state index in [0.29, 0.717) is 25.2 Å². The topological polar surface area (TPSA) is 61.5 Å². The minimum absolute atomic E-state index is 0.0754. The van der Waals surface area contributed by atoms with Gasteiger partial charge in [0.05, 0.1) is 13.2 Å². The van der Waals surface area contributed by atoms with Crippen LogP contribution in [0.3, 0.4) is 0 Å². The van der Waals surface area contributed by atoms with Crippen molar-refractivity contribution in [3.8, 4) is 0 Å². The number of rotatable bonds is 4. The number of anilines is 2. The van der Waals surface area contributed by atoms with Gasteiger partial charge in [-0.25, -0.2) is 0 Å². The Morgan fingerprint density at radius 1 is 1.22 bits per heavy atom. The van der Waals surface area contributed by atoms with Crippen LogP contribution in [0.2, 0.25) is 0 Å². The molecule has 3 heterocycles. The Bertz CT molecular complexity index is 862. The monoisotopic (exact) mass is 366 g/mol. The minimum atomic E-state index is -0.0754. The van der Waals surface area contributed by atoms with Gasteiger partial charge in [-0.3, -0.25) is 9.78 Å². The summed E-state index contributed by atoms with van der Waals surface area (Å²) in [6, 6.07) is 12.7. The highest BCUT2D eigenvalue weighted by Gasteiger charge is 2.59. The number of hydrogen-bond acceptors (Lipinski definition) is 5. The zero-order valence-corrected chi connectivity index (χ0v) is 15.7. The molecule has 1 aromatic carbocycles. The van der Waals surface area contributed by atoms with E-state index in [-0.39, 0.29) is 5.56 Å². The number of H-pyrrole nitrogens is 1. The number of ether oxygens (including phenoxy) is 1. The number of morpholine rings is 1. The fourth-order valence-electron chi connectivity index (χ4n) is 4.94. The molecule has 1 aromatic heterocycles. The first-order valence-corrected chi connectivity index (χ1v) is 9.95. The average Bonchev–Trinajstić information content (AvgIpc) is 3.16. The average molecular weight is 366 g/mol. The first-order valence-electron chi connectivity index (χ1n) is 9.95. The van der Waals surface area contributed by atoms with Gasteiger partial charge in [0.1, 0.15) is 5.82 Å². The standard InChI is InChI=1S/C21H26N4O2/c1-14-16-13-25(17(20(14)16)11-15-5-3-2-4-6-15)21-22-18(12-19(26)23-21)24-7-9-27-10-8-24/h2-6,12,14,16-17,20H,7-11,13H2,1H3,(H,22,23,26)/t14?,16?,17-,20?/m0/s1. The highest BCUT2D eigenvalue weighted by atomic mass is 16.5. The Balaban J connectivity index is 1.44. The number of aromatic nitrogens is 2. The van der Waals surface area contributed by atoms with Gasteiger partial charge >= 0.3 is 0 Å². The molecule has 3 unspecified atom stereocenters. The van der Waals surface area contributed by atoms with E-state index in [1.54, 1.807) is 6.07 Å². The van der Waals surface area contributed by atoms with Gasteiger partial charge in [0, 0.05) is 31.7 Å². The molecule has 3 fully saturated rings. The molecule has 2 aliphatic heterocycles. The largest absolute Gasteiger partial charge is 0.378 e. The summed E-state index contributed by atoms with van der Waals surface area (Å²) in [4.78, 5) is 24.7. The molecule has 1 saturated carbocycles. The molecule has 0 radical (unpaired) electrons. The van der Waals surface area contributed by atoms with Crippen LogP contribution in [0.25, 0.3) is 0 Å². The van der Waals surface area contributed by atoms with Crippen LogP contribution < -0.4 is 15.4 Å². The predicted molar refractivity (Wildman–Crippen MR) is 105 cm³/mol. The molecule has 0 amide bonds. The predicted octanol–water partition coefficient (Wildman–Crippen LogP) is 1.92. The SMILES string of the molecule is CC1C2CN(c3nc(N4CCOCC4)cc(=O)[nH]3)[C@@H](Cc3ccccc3)C12. The summed E-state index contributed by atoms with van der Waals surface area (Å²) in [5.41, 5.74) is 1.27. The number of hydrogen-bond donors (Lipinski definition) is 1.